The first kappa shape index (κ1) is 25.5. The summed E-state index contributed by atoms with van der Waals surface area (Å²) in [5, 5.41) is 0. The minimum atomic E-state index is 0.966. The maximum Gasteiger partial charge on any atom is 0.0634 e. The topological polar surface area (TPSA) is 24.7 Å². The molecule has 0 radical (unpaired) electrons. The molecule has 2 aromatic rings. The standard InChI is InChI=1S/C30H40N2/c1-5-9-13-25-17-21-27(22-18-25)31-29(15-11-7-3)30(16-12-8-4)32-28-23-19-26(20-24-28)14-10-6-2/h9-10,13-14,17-24H,5-8,11-12,15-16H2,1-4H3/b13-9+,14-10+,31-29?,32-30?. The molecule has 0 amide bonds. The molecule has 0 aliphatic rings. The summed E-state index contributed by atoms with van der Waals surface area (Å²) in [7, 11) is 0. The van der Waals surface area contributed by atoms with E-state index >= 15 is 0 Å². The van der Waals surface area contributed by atoms with Crippen LogP contribution >= 0.6 is 0 Å². The molecular weight excluding hydrogens is 388 g/mol. The Morgan fingerprint density at radius 1 is 0.594 bits per heavy atom. The molecule has 0 bridgehead atoms. The number of unbranched alkanes of at least 4 members (excludes halogenated alkanes) is 2. The number of nitrogens with zero attached hydrogens (tertiary/aromatic N) is 2. The molecule has 32 heavy (non-hydrogen) atoms. The van der Waals surface area contributed by atoms with Crippen LogP contribution in [-0.4, -0.2) is 11.4 Å². The van der Waals surface area contributed by atoms with E-state index in [0.717, 1.165) is 74.2 Å². The van der Waals surface area contributed by atoms with Gasteiger partial charge >= 0.3 is 0 Å². The lowest BCUT2D eigenvalue weighted by Crippen LogP contribution is -2.14. The van der Waals surface area contributed by atoms with Gasteiger partial charge in [-0.1, -0.05) is 89.1 Å². The van der Waals surface area contributed by atoms with Crippen molar-refractivity contribution in [3.63, 3.8) is 0 Å². The molecule has 0 spiro atoms. The van der Waals surface area contributed by atoms with Gasteiger partial charge in [0.1, 0.15) is 0 Å². The van der Waals surface area contributed by atoms with Gasteiger partial charge in [0.2, 0.25) is 0 Å². The van der Waals surface area contributed by atoms with Crippen LogP contribution in [0.4, 0.5) is 11.4 Å². The molecule has 2 heteroatoms. The summed E-state index contributed by atoms with van der Waals surface area (Å²) < 4.78 is 0. The van der Waals surface area contributed by atoms with Crippen LogP contribution < -0.4 is 0 Å². The van der Waals surface area contributed by atoms with E-state index < -0.39 is 0 Å². The molecule has 0 unspecified atom stereocenters. The van der Waals surface area contributed by atoms with Crippen LogP contribution in [0.1, 0.15) is 90.2 Å². The van der Waals surface area contributed by atoms with Crippen LogP contribution in [0.5, 0.6) is 0 Å². The van der Waals surface area contributed by atoms with Crippen LogP contribution in [0.2, 0.25) is 0 Å². The number of hydrogen-bond donors (Lipinski definition) is 0. The minimum Gasteiger partial charge on any atom is -0.252 e. The summed E-state index contributed by atoms with van der Waals surface area (Å²) in [4.78, 5) is 10.2. The van der Waals surface area contributed by atoms with Crippen molar-refractivity contribution in [1.29, 1.82) is 0 Å². The van der Waals surface area contributed by atoms with E-state index in [4.69, 9.17) is 9.98 Å². The van der Waals surface area contributed by atoms with Crippen molar-refractivity contribution in [3.8, 4) is 0 Å². The molecule has 0 heterocycles. The highest BCUT2D eigenvalue weighted by Gasteiger charge is 2.10. The zero-order chi connectivity index (χ0) is 23.0. The van der Waals surface area contributed by atoms with Crippen LogP contribution in [0.25, 0.3) is 12.2 Å². The summed E-state index contributed by atoms with van der Waals surface area (Å²) in [5.41, 5.74) is 6.72. The van der Waals surface area contributed by atoms with E-state index in [1.54, 1.807) is 0 Å². The molecular formula is C30H40N2. The molecule has 0 saturated heterocycles. The third-order valence-electron chi connectivity index (χ3n) is 5.27. The van der Waals surface area contributed by atoms with Gasteiger partial charge in [0.05, 0.1) is 22.8 Å². The van der Waals surface area contributed by atoms with Crippen molar-refractivity contribution in [3.05, 3.63) is 71.8 Å². The molecule has 0 aliphatic heterocycles. The molecule has 2 aromatic carbocycles. The first-order valence-electron chi connectivity index (χ1n) is 12.4. The number of allylic oxidation sites excluding steroid dienone is 2. The zero-order valence-corrected chi connectivity index (χ0v) is 20.5. The Bertz CT molecular complexity index is 819. The van der Waals surface area contributed by atoms with Crippen molar-refractivity contribution in [2.75, 3.05) is 0 Å². The van der Waals surface area contributed by atoms with Gasteiger partial charge in [-0.3, -0.25) is 9.98 Å². The predicted octanol–water partition coefficient (Wildman–Crippen LogP) is 9.76. The molecule has 0 saturated carbocycles. The van der Waals surface area contributed by atoms with Gasteiger partial charge in [-0.2, -0.15) is 0 Å². The lowest BCUT2D eigenvalue weighted by atomic mass is 10.0. The van der Waals surface area contributed by atoms with Crippen LogP contribution in [-0.2, 0) is 0 Å². The van der Waals surface area contributed by atoms with E-state index in [1.807, 2.05) is 0 Å². The van der Waals surface area contributed by atoms with E-state index in [9.17, 15) is 0 Å². The molecule has 0 aromatic heterocycles. The zero-order valence-electron chi connectivity index (χ0n) is 20.5. The van der Waals surface area contributed by atoms with Crippen LogP contribution in [0, 0.1) is 0 Å². The van der Waals surface area contributed by atoms with Crippen molar-refractivity contribution in [2.45, 2.75) is 79.1 Å². The lowest BCUT2D eigenvalue weighted by Gasteiger charge is -2.11. The second-order valence-corrected chi connectivity index (χ2v) is 8.13. The van der Waals surface area contributed by atoms with Crippen molar-refractivity contribution in [2.24, 2.45) is 9.98 Å². The van der Waals surface area contributed by atoms with Gasteiger partial charge in [0, 0.05) is 0 Å². The average Bonchev–Trinajstić information content (AvgIpc) is 2.83. The highest BCUT2D eigenvalue weighted by molar-refractivity contribution is 6.43. The second-order valence-electron chi connectivity index (χ2n) is 8.13. The third-order valence-corrected chi connectivity index (χ3v) is 5.27. The number of aliphatic imine (C=N–C) groups is 2. The first-order chi connectivity index (χ1) is 15.7. The Morgan fingerprint density at radius 2 is 0.969 bits per heavy atom. The van der Waals surface area contributed by atoms with Gasteiger partial charge in [-0.25, -0.2) is 0 Å². The lowest BCUT2D eigenvalue weighted by molar-refractivity contribution is 0.824. The summed E-state index contributed by atoms with van der Waals surface area (Å²) in [6.45, 7) is 8.78. The highest BCUT2D eigenvalue weighted by atomic mass is 14.8. The average molecular weight is 429 g/mol. The van der Waals surface area contributed by atoms with Crippen LogP contribution in [0.3, 0.4) is 0 Å². The fourth-order valence-electron chi connectivity index (χ4n) is 3.36. The quantitative estimate of drug-likeness (QED) is 0.284. The van der Waals surface area contributed by atoms with E-state index in [0.29, 0.717) is 0 Å². The molecule has 0 atom stereocenters. The summed E-state index contributed by atoms with van der Waals surface area (Å²) in [6, 6.07) is 17.1. The van der Waals surface area contributed by atoms with E-state index in [1.165, 1.54) is 11.1 Å². The third kappa shape index (κ3) is 9.18. The minimum absolute atomic E-state index is 0.966. The van der Waals surface area contributed by atoms with Gasteiger partial charge in [-0.05, 0) is 73.9 Å². The van der Waals surface area contributed by atoms with Gasteiger partial charge in [0.25, 0.3) is 0 Å². The van der Waals surface area contributed by atoms with Crippen molar-refractivity contribution < 1.29 is 0 Å². The largest absolute Gasteiger partial charge is 0.252 e. The first-order valence-corrected chi connectivity index (χ1v) is 12.4. The molecule has 0 N–H and O–H groups in total. The number of hydrogen-bond acceptors (Lipinski definition) is 2. The summed E-state index contributed by atoms with van der Waals surface area (Å²) >= 11 is 0. The SMILES string of the molecule is CC/C=C/c1ccc(N=C(CCCC)C(CCCC)=Nc2ccc(/C=C/CC)cc2)cc1. The van der Waals surface area contributed by atoms with Crippen molar-refractivity contribution >= 4 is 35.0 Å². The maximum atomic E-state index is 5.08. The molecule has 0 fully saturated rings. The fourth-order valence-corrected chi connectivity index (χ4v) is 3.36. The Kier molecular flexibility index (Phi) is 12.1. The Labute approximate surface area is 195 Å². The van der Waals surface area contributed by atoms with Gasteiger partial charge in [0.15, 0.2) is 0 Å². The predicted molar refractivity (Wildman–Crippen MR) is 145 cm³/mol. The van der Waals surface area contributed by atoms with Crippen LogP contribution in [0.15, 0.2) is 70.7 Å². The smallest absolute Gasteiger partial charge is 0.0634 e. The number of rotatable bonds is 13. The van der Waals surface area contributed by atoms with E-state index in [2.05, 4.69) is 101 Å². The normalized spacial score (nSPS) is 12.9. The molecule has 0 aliphatic carbocycles. The Hall–Kier alpha value is -2.74. The summed E-state index contributed by atoms with van der Waals surface area (Å²) in [6.07, 6.45) is 17.3. The molecule has 2 rings (SSSR count). The van der Waals surface area contributed by atoms with Crippen molar-refractivity contribution in [1.82, 2.24) is 0 Å². The Balaban J connectivity index is 2.36. The van der Waals surface area contributed by atoms with Gasteiger partial charge in [-0.15, -0.1) is 0 Å². The fraction of sp³-hybridized carbons (Fsp3) is 0.400. The van der Waals surface area contributed by atoms with Gasteiger partial charge < -0.3 is 0 Å². The molecule has 2 nitrogen and oxygen atoms in total. The Morgan fingerprint density at radius 3 is 1.28 bits per heavy atom. The maximum absolute atomic E-state index is 5.08. The molecule has 170 valence electrons. The number of benzene rings is 2. The highest BCUT2D eigenvalue weighted by Crippen LogP contribution is 2.20. The summed E-state index contributed by atoms with van der Waals surface area (Å²) in [5.74, 6) is 0. The van der Waals surface area contributed by atoms with E-state index in [-0.39, 0.29) is 0 Å². The second kappa shape index (κ2) is 15.1. The monoisotopic (exact) mass is 428 g/mol.